The highest BCUT2D eigenvalue weighted by Crippen LogP contribution is 2.44. The predicted molar refractivity (Wildman–Crippen MR) is 77.5 cm³/mol. The zero-order valence-electron chi connectivity index (χ0n) is 12.1. The van der Waals surface area contributed by atoms with Crippen LogP contribution in [0.5, 0.6) is 0 Å². The second-order valence-corrected chi connectivity index (χ2v) is 6.43. The van der Waals surface area contributed by atoms with Crippen molar-refractivity contribution in [2.75, 3.05) is 31.5 Å². The number of aromatic nitrogens is 2. The summed E-state index contributed by atoms with van der Waals surface area (Å²) in [5.74, 6) is 0.914. The number of hydroxylamine groups is 3. The van der Waals surface area contributed by atoms with Crippen LogP contribution in [0.1, 0.15) is 18.4 Å². The van der Waals surface area contributed by atoms with Crippen molar-refractivity contribution in [3.05, 3.63) is 23.2 Å². The normalized spacial score (nSPS) is 37.4. The first kappa shape index (κ1) is 13.0. The van der Waals surface area contributed by atoms with Gasteiger partial charge in [0.2, 0.25) is 5.95 Å². The molecule has 0 amide bonds. The van der Waals surface area contributed by atoms with Crippen molar-refractivity contribution in [3.63, 3.8) is 0 Å². The topological polar surface area (TPSA) is 82.5 Å². The van der Waals surface area contributed by atoms with Gasteiger partial charge < -0.3 is 14.6 Å². The van der Waals surface area contributed by atoms with Gasteiger partial charge in [-0.15, -0.1) is 0 Å². The maximum Gasteiger partial charge on any atom is 0.292 e. The zero-order valence-corrected chi connectivity index (χ0v) is 12.1. The van der Waals surface area contributed by atoms with Crippen molar-refractivity contribution < 1.29 is 9.38 Å². The molecule has 0 saturated carbocycles. The second kappa shape index (κ2) is 4.38. The molecular weight excluding hydrogens is 270 g/mol. The smallest absolute Gasteiger partial charge is 0.292 e. The first-order valence-electron chi connectivity index (χ1n) is 7.43. The molecule has 1 aromatic rings. The van der Waals surface area contributed by atoms with Crippen LogP contribution in [0.3, 0.4) is 0 Å². The molecule has 21 heavy (non-hydrogen) atoms. The summed E-state index contributed by atoms with van der Waals surface area (Å²) in [5, 5.41) is 15.6. The number of fused-ring (bicyclic) bond motifs is 2. The molecule has 3 fully saturated rings. The van der Waals surface area contributed by atoms with Gasteiger partial charge in [0.1, 0.15) is 6.54 Å². The molecule has 4 aliphatic rings. The third-order valence-electron chi connectivity index (χ3n) is 4.86. The SMILES string of the molecule is Cc1cnc(NC2=NC[C@@]3(C[N+]4([O-])CCC3CC4)O2)nc1. The van der Waals surface area contributed by atoms with Gasteiger partial charge in [0.25, 0.3) is 6.02 Å². The molecule has 7 heteroatoms. The van der Waals surface area contributed by atoms with Crippen LogP contribution in [0, 0.1) is 18.0 Å². The van der Waals surface area contributed by atoms with Crippen LogP contribution in [0.2, 0.25) is 0 Å². The number of amidine groups is 1. The lowest BCUT2D eigenvalue weighted by Gasteiger charge is -2.58. The maximum atomic E-state index is 12.6. The fourth-order valence-electron chi connectivity index (χ4n) is 3.71. The number of anilines is 1. The fourth-order valence-corrected chi connectivity index (χ4v) is 3.71. The van der Waals surface area contributed by atoms with E-state index in [4.69, 9.17) is 4.74 Å². The number of hydrogen-bond donors (Lipinski definition) is 1. The molecule has 7 nitrogen and oxygen atoms in total. The van der Waals surface area contributed by atoms with E-state index in [0.29, 0.717) is 31.0 Å². The van der Waals surface area contributed by atoms with Gasteiger partial charge in [0, 0.05) is 31.2 Å². The predicted octanol–water partition coefficient (Wildman–Crippen LogP) is 1.06. The third-order valence-corrected chi connectivity index (χ3v) is 4.86. The summed E-state index contributed by atoms with van der Waals surface area (Å²) >= 11 is 0. The molecule has 0 aromatic carbocycles. The molecule has 0 radical (unpaired) electrons. The number of nitrogens with zero attached hydrogens (tertiary/aromatic N) is 4. The largest absolute Gasteiger partial charge is 0.633 e. The first-order valence-corrected chi connectivity index (χ1v) is 7.43. The Hall–Kier alpha value is -1.73. The van der Waals surface area contributed by atoms with E-state index < -0.39 is 5.60 Å². The zero-order chi connectivity index (χ0) is 14.5. The lowest BCUT2D eigenvalue weighted by Crippen LogP contribution is -2.67. The van der Waals surface area contributed by atoms with Crippen LogP contribution in [0.25, 0.3) is 0 Å². The van der Waals surface area contributed by atoms with Crippen molar-refractivity contribution in [2.24, 2.45) is 10.9 Å². The molecule has 5 heterocycles. The van der Waals surface area contributed by atoms with Gasteiger partial charge in [-0.25, -0.2) is 15.0 Å². The van der Waals surface area contributed by atoms with E-state index in [9.17, 15) is 5.21 Å². The number of rotatable bonds is 1. The van der Waals surface area contributed by atoms with Crippen LogP contribution < -0.4 is 5.32 Å². The number of hydrogen-bond acceptors (Lipinski definition) is 6. The number of piperidine rings is 3. The van der Waals surface area contributed by atoms with Gasteiger partial charge in [-0.3, -0.25) is 5.32 Å². The lowest BCUT2D eigenvalue weighted by atomic mass is 9.75. The van der Waals surface area contributed by atoms with Crippen molar-refractivity contribution in [3.8, 4) is 0 Å². The molecule has 2 bridgehead atoms. The average molecular weight is 289 g/mol. The summed E-state index contributed by atoms with van der Waals surface area (Å²) in [4.78, 5) is 12.8. The van der Waals surface area contributed by atoms with Gasteiger partial charge in [-0.2, -0.15) is 0 Å². The number of nitrogens with one attached hydrogen (secondary N) is 1. The van der Waals surface area contributed by atoms with Crippen LogP contribution >= 0.6 is 0 Å². The van der Waals surface area contributed by atoms with Crippen molar-refractivity contribution in [1.29, 1.82) is 0 Å². The molecular formula is C14H19N5O2. The van der Waals surface area contributed by atoms with E-state index >= 15 is 0 Å². The van der Waals surface area contributed by atoms with Gasteiger partial charge >= 0.3 is 0 Å². The highest BCUT2D eigenvalue weighted by atomic mass is 16.6. The van der Waals surface area contributed by atoms with Crippen molar-refractivity contribution >= 4 is 12.0 Å². The molecule has 1 atom stereocenters. The average Bonchev–Trinajstić information content (AvgIpc) is 2.84. The monoisotopic (exact) mass is 289 g/mol. The Kier molecular flexibility index (Phi) is 2.71. The molecule has 5 rings (SSSR count). The summed E-state index contributed by atoms with van der Waals surface area (Å²) in [6.45, 7) is 4.46. The van der Waals surface area contributed by atoms with Crippen molar-refractivity contribution in [2.45, 2.75) is 25.4 Å². The Morgan fingerprint density at radius 3 is 2.71 bits per heavy atom. The van der Waals surface area contributed by atoms with Crippen LogP contribution in [-0.2, 0) is 4.74 Å². The summed E-state index contributed by atoms with van der Waals surface area (Å²) in [6, 6.07) is 0.444. The Morgan fingerprint density at radius 2 is 2.05 bits per heavy atom. The van der Waals surface area contributed by atoms with E-state index in [1.165, 1.54) is 0 Å². The van der Waals surface area contributed by atoms with E-state index in [2.05, 4.69) is 20.3 Å². The van der Waals surface area contributed by atoms with Gasteiger partial charge in [0.05, 0.1) is 19.6 Å². The minimum atomic E-state index is -0.411. The molecule has 0 aliphatic carbocycles. The molecule has 112 valence electrons. The molecule has 1 N–H and O–H groups in total. The van der Waals surface area contributed by atoms with E-state index in [1.807, 2.05) is 6.92 Å². The quantitative estimate of drug-likeness (QED) is 0.617. The first-order chi connectivity index (χ1) is 10.1. The van der Waals surface area contributed by atoms with Crippen LogP contribution in [0.4, 0.5) is 5.95 Å². The standard InChI is InChI=1S/C14H19N5O2/c1-10-6-15-12(16-7-10)18-13-17-8-14(21-13)9-19(20)4-2-11(14)3-5-19/h6-7,11H,2-5,8-9H2,1H3,(H,15,16,17,18)/t11?,14-,19?/m0/s1. The number of quaternary nitrogens is 1. The van der Waals surface area contributed by atoms with Crippen LogP contribution in [-0.4, -0.2) is 52.4 Å². The Balaban J connectivity index is 1.48. The lowest BCUT2D eigenvalue weighted by molar-refractivity contribution is -0.905. The van der Waals surface area contributed by atoms with E-state index in [0.717, 1.165) is 31.5 Å². The molecule has 4 aliphatic heterocycles. The number of aryl methyl sites for hydroxylation is 1. The Labute approximate surface area is 123 Å². The number of ether oxygens (including phenoxy) is 1. The van der Waals surface area contributed by atoms with Crippen molar-refractivity contribution in [1.82, 2.24) is 9.97 Å². The fraction of sp³-hybridized carbons (Fsp3) is 0.643. The van der Waals surface area contributed by atoms with Gasteiger partial charge in [-0.1, -0.05) is 0 Å². The van der Waals surface area contributed by atoms with Crippen LogP contribution in [0.15, 0.2) is 17.4 Å². The molecule has 1 spiro atoms. The minimum absolute atomic E-state index is 0.125. The minimum Gasteiger partial charge on any atom is -0.633 e. The summed E-state index contributed by atoms with van der Waals surface area (Å²) in [6.07, 6.45) is 5.36. The van der Waals surface area contributed by atoms with Gasteiger partial charge in [0.15, 0.2) is 5.60 Å². The van der Waals surface area contributed by atoms with E-state index in [-0.39, 0.29) is 4.65 Å². The Morgan fingerprint density at radius 1 is 1.33 bits per heavy atom. The van der Waals surface area contributed by atoms with E-state index in [1.54, 1.807) is 12.4 Å². The second-order valence-electron chi connectivity index (χ2n) is 6.43. The summed E-state index contributed by atoms with van der Waals surface area (Å²) in [7, 11) is 0. The maximum absolute atomic E-state index is 12.6. The number of aliphatic imine (C=N–C) groups is 1. The van der Waals surface area contributed by atoms with Gasteiger partial charge in [-0.05, 0) is 12.5 Å². The molecule has 3 saturated heterocycles. The molecule has 1 aromatic heterocycles. The third kappa shape index (κ3) is 2.16. The highest BCUT2D eigenvalue weighted by Gasteiger charge is 2.56. The Bertz CT molecular complexity index is 580. The summed E-state index contributed by atoms with van der Waals surface area (Å²) < 4.78 is 5.94. The molecule has 0 unspecified atom stereocenters. The highest BCUT2D eigenvalue weighted by molar-refractivity contribution is 5.88. The summed E-state index contributed by atoms with van der Waals surface area (Å²) in [5.41, 5.74) is 0.590.